The van der Waals surface area contributed by atoms with Crippen LogP contribution in [0.15, 0.2) is 18.2 Å². The van der Waals surface area contributed by atoms with Gasteiger partial charge in [-0.15, -0.1) is 11.3 Å². The molecule has 30 heavy (non-hydrogen) atoms. The first-order valence-electron chi connectivity index (χ1n) is 9.74. The molecule has 10 heteroatoms. The minimum atomic E-state index is -0.672. The molecule has 1 aliphatic rings. The van der Waals surface area contributed by atoms with E-state index in [4.69, 9.17) is 17.0 Å². The number of thiocarbonyl (C=S) groups is 1. The molecule has 1 aliphatic carbocycles. The molecule has 2 N–H and O–H groups in total. The molecule has 0 bridgehead atoms. The van der Waals surface area contributed by atoms with Crippen LogP contribution in [0.3, 0.4) is 0 Å². The zero-order chi connectivity index (χ0) is 21.7. The topological polar surface area (TPSA) is 93.5 Å². The van der Waals surface area contributed by atoms with Gasteiger partial charge in [-0.2, -0.15) is 0 Å². The molecule has 1 aromatic carbocycles. The first-order valence-corrected chi connectivity index (χ1v) is 11.0. The molecular formula is C20H22FN3O4S2. The second-order valence-electron chi connectivity index (χ2n) is 6.84. The summed E-state index contributed by atoms with van der Waals surface area (Å²) in [5, 5.41) is 17.2. The number of hydrogen-bond donors (Lipinski definition) is 2. The number of carbonyl (C=O) groups is 1. The summed E-state index contributed by atoms with van der Waals surface area (Å²) in [6.07, 6.45) is 6.00. The predicted octanol–water partition coefficient (Wildman–Crippen LogP) is 5.44. The minimum absolute atomic E-state index is 0.0363. The number of aryl methyl sites for hydroxylation is 1. The smallest absolute Gasteiger partial charge is 0.341 e. The standard InChI is InChI=1S/C20H22FN3O4S2/c1-2-28-19(25)17-13-7-5-3-4-6-8-16(13)30-18(17)23-20(29)22-15-11-12(24(26)27)9-10-14(15)21/h9-11H,2-8H2,1H3,(H2,22,23,29). The van der Waals surface area contributed by atoms with Crippen LogP contribution in [-0.4, -0.2) is 22.6 Å². The van der Waals surface area contributed by atoms with Crippen LogP contribution in [0.2, 0.25) is 0 Å². The second kappa shape index (κ2) is 9.94. The first kappa shape index (κ1) is 22.1. The molecule has 0 unspecified atom stereocenters. The molecule has 1 heterocycles. The van der Waals surface area contributed by atoms with Crippen molar-refractivity contribution in [3.05, 3.63) is 50.1 Å². The van der Waals surface area contributed by atoms with Crippen molar-refractivity contribution < 1.29 is 18.8 Å². The number of fused-ring (bicyclic) bond motifs is 1. The maximum Gasteiger partial charge on any atom is 0.341 e. The fourth-order valence-corrected chi connectivity index (χ4v) is 4.96. The number of thiophene rings is 1. The van der Waals surface area contributed by atoms with Crippen molar-refractivity contribution in [2.75, 3.05) is 17.2 Å². The predicted molar refractivity (Wildman–Crippen MR) is 119 cm³/mol. The average molecular weight is 452 g/mol. The summed E-state index contributed by atoms with van der Waals surface area (Å²) in [6, 6.07) is 3.16. The van der Waals surface area contributed by atoms with Gasteiger partial charge in [0.15, 0.2) is 5.11 Å². The molecular weight excluding hydrogens is 429 g/mol. The van der Waals surface area contributed by atoms with Crippen LogP contribution in [0, 0.1) is 15.9 Å². The van der Waals surface area contributed by atoms with Gasteiger partial charge in [0.25, 0.3) is 5.69 Å². The van der Waals surface area contributed by atoms with Crippen LogP contribution in [0.5, 0.6) is 0 Å². The Morgan fingerprint density at radius 1 is 1.27 bits per heavy atom. The number of benzene rings is 1. The largest absolute Gasteiger partial charge is 0.462 e. The van der Waals surface area contributed by atoms with E-state index < -0.39 is 16.7 Å². The van der Waals surface area contributed by atoms with Crippen molar-refractivity contribution in [2.24, 2.45) is 0 Å². The van der Waals surface area contributed by atoms with E-state index in [1.54, 1.807) is 6.92 Å². The lowest BCUT2D eigenvalue weighted by Gasteiger charge is -2.13. The summed E-state index contributed by atoms with van der Waals surface area (Å²) >= 11 is 6.74. The number of nitro groups is 1. The van der Waals surface area contributed by atoms with E-state index in [0.717, 1.165) is 67.2 Å². The number of nitrogens with zero attached hydrogens (tertiary/aromatic N) is 1. The van der Waals surface area contributed by atoms with Crippen LogP contribution < -0.4 is 10.6 Å². The van der Waals surface area contributed by atoms with Gasteiger partial charge in [0.1, 0.15) is 10.8 Å². The highest BCUT2D eigenvalue weighted by atomic mass is 32.1. The van der Waals surface area contributed by atoms with Gasteiger partial charge in [0.05, 0.1) is 22.8 Å². The molecule has 0 spiro atoms. The van der Waals surface area contributed by atoms with E-state index in [2.05, 4.69) is 10.6 Å². The maximum absolute atomic E-state index is 14.1. The Morgan fingerprint density at radius 2 is 2.00 bits per heavy atom. The Hall–Kier alpha value is -2.59. The quantitative estimate of drug-likeness (QED) is 0.271. The Balaban J connectivity index is 1.87. The van der Waals surface area contributed by atoms with Crippen molar-refractivity contribution >= 4 is 51.0 Å². The molecule has 0 saturated carbocycles. The molecule has 3 rings (SSSR count). The number of carbonyl (C=O) groups excluding carboxylic acids is 1. The molecule has 2 aromatic rings. The Kier molecular flexibility index (Phi) is 7.33. The van der Waals surface area contributed by atoms with Crippen molar-refractivity contribution in [1.82, 2.24) is 0 Å². The van der Waals surface area contributed by atoms with Gasteiger partial charge >= 0.3 is 5.97 Å². The molecule has 7 nitrogen and oxygen atoms in total. The third-order valence-corrected chi connectivity index (χ3v) is 6.20. The minimum Gasteiger partial charge on any atom is -0.462 e. The number of nitrogens with one attached hydrogen (secondary N) is 2. The summed E-state index contributed by atoms with van der Waals surface area (Å²) in [5.41, 5.74) is 1.09. The van der Waals surface area contributed by atoms with Gasteiger partial charge in [-0.05, 0) is 56.5 Å². The van der Waals surface area contributed by atoms with Gasteiger partial charge in [0.2, 0.25) is 0 Å². The summed E-state index contributed by atoms with van der Waals surface area (Å²) < 4.78 is 19.3. The Bertz CT molecular complexity index is 977. The van der Waals surface area contributed by atoms with Gasteiger partial charge < -0.3 is 15.4 Å². The van der Waals surface area contributed by atoms with Crippen LogP contribution >= 0.6 is 23.6 Å². The van der Waals surface area contributed by atoms with Gasteiger partial charge in [-0.25, -0.2) is 9.18 Å². The van der Waals surface area contributed by atoms with E-state index in [-0.39, 0.29) is 23.1 Å². The highest BCUT2D eigenvalue weighted by Crippen LogP contribution is 2.37. The second-order valence-corrected chi connectivity index (χ2v) is 8.36. The summed E-state index contributed by atoms with van der Waals surface area (Å²) in [5.74, 6) is -1.09. The zero-order valence-electron chi connectivity index (χ0n) is 16.5. The van der Waals surface area contributed by atoms with Gasteiger partial charge in [-0.3, -0.25) is 10.1 Å². The van der Waals surface area contributed by atoms with E-state index >= 15 is 0 Å². The van der Waals surface area contributed by atoms with Crippen molar-refractivity contribution in [3.8, 4) is 0 Å². The Morgan fingerprint density at radius 3 is 2.70 bits per heavy atom. The lowest BCUT2D eigenvalue weighted by Crippen LogP contribution is -2.21. The fourth-order valence-electron chi connectivity index (χ4n) is 3.41. The van der Waals surface area contributed by atoms with Crippen molar-refractivity contribution in [2.45, 2.75) is 45.4 Å². The molecule has 160 valence electrons. The van der Waals surface area contributed by atoms with Crippen LogP contribution in [0.25, 0.3) is 0 Å². The highest BCUT2D eigenvalue weighted by molar-refractivity contribution is 7.80. The SMILES string of the molecule is CCOC(=O)c1c(NC(=S)Nc2cc([N+](=O)[O-])ccc2F)sc2c1CCCCCC2. The number of hydrogen-bond acceptors (Lipinski definition) is 6. The highest BCUT2D eigenvalue weighted by Gasteiger charge is 2.26. The van der Waals surface area contributed by atoms with E-state index in [0.29, 0.717) is 10.6 Å². The van der Waals surface area contributed by atoms with Crippen molar-refractivity contribution in [3.63, 3.8) is 0 Å². The third-order valence-electron chi connectivity index (χ3n) is 4.79. The van der Waals surface area contributed by atoms with E-state index in [9.17, 15) is 19.3 Å². The monoisotopic (exact) mass is 451 g/mol. The molecule has 0 amide bonds. The summed E-state index contributed by atoms with van der Waals surface area (Å²) in [7, 11) is 0. The lowest BCUT2D eigenvalue weighted by atomic mass is 9.96. The molecule has 0 radical (unpaired) electrons. The normalized spacial score (nSPS) is 13.5. The number of rotatable bonds is 5. The fraction of sp³-hybridized carbons (Fsp3) is 0.400. The van der Waals surface area contributed by atoms with E-state index in [1.807, 2.05) is 0 Å². The van der Waals surface area contributed by atoms with Crippen molar-refractivity contribution in [1.29, 1.82) is 0 Å². The third kappa shape index (κ3) is 5.11. The maximum atomic E-state index is 14.1. The number of esters is 1. The van der Waals surface area contributed by atoms with Gasteiger partial charge in [-0.1, -0.05) is 12.8 Å². The zero-order valence-corrected chi connectivity index (χ0v) is 18.1. The van der Waals surface area contributed by atoms with Gasteiger partial charge in [0, 0.05) is 17.0 Å². The molecule has 0 aliphatic heterocycles. The molecule has 0 atom stereocenters. The van der Waals surface area contributed by atoms with Crippen LogP contribution in [-0.2, 0) is 17.6 Å². The molecule has 0 saturated heterocycles. The summed E-state index contributed by atoms with van der Waals surface area (Å²) in [6.45, 7) is 2.00. The first-order chi connectivity index (χ1) is 14.4. The molecule has 0 fully saturated rings. The van der Waals surface area contributed by atoms with Crippen LogP contribution in [0.1, 0.15) is 53.4 Å². The number of ether oxygens (including phenoxy) is 1. The van der Waals surface area contributed by atoms with Crippen LogP contribution in [0.4, 0.5) is 20.8 Å². The Labute approximate surface area is 182 Å². The lowest BCUT2D eigenvalue weighted by molar-refractivity contribution is -0.384. The molecule has 1 aromatic heterocycles. The number of nitro benzene ring substituents is 1. The number of non-ortho nitro benzene ring substituents is 1. The van der Waals surface area contributed by atoms with E-state index in [1.165, 1.54) is 11.3 Å². The summed E-state index contributed by atoms with van der Waals surface area (Å²) in [4.78, 5) is 24.1. The number of halogens is 1. The average Bonchev–Trinajstić information content (AvgIpc) is 2.99. The number of anilines is 2.